The first kappa shape index (κ1) is 66.9. The number of carbonyl (C=O) groups excluding carboxylic acids is 5. The Morgan fingerprint density at radius 1 is 0.944 bits per heavy atom. The van der Waals surface area contributed by atoms with Crippen molar-refractivity contribution in [3.8, 4) is 0 Å². The van der Waals surface area contributed by atoms with Crippen LogP contribution in [0.5, 0.6) is 0 Å². The van der Waals surface area contributed by atoms with Gasteiger partial charge in [-0.3, -0.25) is 29.0 Å². The SMILES string of the molecule is CC.CC.CC.CC.CC1CC(N(C)C)CC(=O)O1.CCNc1ncc(C(=O)Nc2c(Cl)cncc2Cl)c(NCCSC2C(=O)OC3COC(=O)C(C)C(O)CCC(C)(OC)CCC(=O)C(C)C32)c1C=N. The van der Waals surface area contributed by atoms with Gasteiger partial charge in [0.05, 0.1) is 56.6 Å². The van der Waals surface area contributed by atoms with Crippen molar-refractivity contribution in [2.75, 3.05) is 62.6 Å². The Kier molecular flexibility index (Phi) is 33.1. The number of ether oxygens (including phenoxy) is 4. The van der Waals surface area contributed by atoms with Crippen molar-refractivity contribution in [3.05, 3.63) is 39.8 Å². The molecule has 0 radical (unpaired) electrons. The normalized spacial score (nSPS) is 25.2. The van der Waals surface area contributed by atoms with E-state index in [1.165, 1.54) is 30.4 Å². The molecular weight excluding hydrogens is 974 g/mol. The number of pyridine rings is 2. The topological polar surface area (TPSA) is 231 Å². The molecule has 2 aromatic heterocycles. The molecule has 2 aromatic rings. The Morgan fingerprint density at radius 3 is 2.11 bits per heavy atom. The summed E-state index contributed by atoms with van der Waals surface area (Å²) in [6.07, 6.45) is 6.20. The minimum atomic E-state index is -0.975. The summed E-state index contributed by atoms with van der Waals surface area (Å²) in [5, 5.41) is 27.4. The van der Waals surface area contributed by atoms with Crippen LogP contribution in [0.1, 0.15) is 144 Å². The van der Waals surface area contributed by atoms with Crippen molar-refractivity contribution < 1.29 is 48.0 Å². The molecule has 5 rings (SSSR count). The van der Waals surface area contributed by atoms with E-state index in [1.807, 2.05) is 90.3 Å². The lowest BCUT2D eigenvalue weighted by Gasteiger charge is -2.32. The number of esters is 3. The van der Waals surface area contributed by atoms with Gasteiger partial charge in [0.2, 0.25) is 0 Å². The number of thioether (sulfide) groups is 1. The summed E-state index contributed by atoms with van der Waals surface area (Å²) in [5.74, 6) is -3.19. The van der Waals surface area contributed by atoms with E-state index in [2.05, 4.69) is 30.8 Å². The predicted octanol–water partition coefficient (Wildman–Crippen LogP) is 9.99. The van der Waals surface area contributed by atoms with Crippen LogP contribution >= 0.6 is 35.0 Å². The number of hydrogen-bond donors (Lipinski definition) is 5. The van der Waals surface area contributed by atoms with Gasteiger partial charge >= 0.3 is 17.9 Å². The lowest BCUT2D eigenvalue weighted by molar-refractivity contribution is -0.160. The maximum Gasteiger partial charge on any atom is 0.319 e. The summed E-state index contributed by atoms with van der Waals surface area (Å²) in [4.78, 5) is 74.7. The average molecular weight is 1060 g/mol. The number of Topliss-reactive ketones (excluding diaryl/α,β-unsaturated/α-hetero) is 1. The highest BCUT2D eigenvalue weighted by atomic mass is 35.5. The molecule has 3 aliphatic heterocycles. The highest BCUT2D eigenvalue weighted by Gasteiger charge is 2.50. The first-order valence-corrected chi connectivity index (χ1v) is 26.9. The number of methoxy groups -OCH3 is 1. The van der Waals surface area contributed by atoms with Crippen LogP contribution in [0.25, 0.3) is 0 Å². The maximum absolute atomic E-state index is 13.6. The second-order valence-corrected chi connectivity index (χ2v) is 18.5. The van der Waals surface area contributed by atoms with Crippen molar-refractivity contribution in [2.24, 2.45) is 17.8 Å². The third kappa shape index (κ3) is 20.4. The molecule has 0 bridgehead atoms. The predicted molar refractivity (Wildman–Crippen MR) is 288 cm³/mol. The number of hydrogen-bond acceptors (Lipinski definition) is 17. The van der Waals surface area contributed by atoms with Crippen LogP contribution in [0.4, 0.5) is 17.2 Å². The van der Waals surface area contributed by atoms with Crippen LogP contribution in [0.3, 0.4) is 0 Å². The standard InChI is InChI=1S/C35H46Cl2N6O8S.C8H15NO2.4C2H6/c1-6-40-31-20(13-38)28(21(14-42-31)32(46)43-29-22(36)15-39-16-23(29)37)41-11-12-52-30-27-18(2)24(44)7-9-35(4,49-5)10-8-25(45)19(3)33(47)50-17-26(27)51-34(30)48;1-6-4-7(9(2)3)5-8(10)11-6;4*1-2/h13-16,18-19,25-27,30,38,45H,6-12,17H2,1-5H3,(H,39,43,46)(H2,40,41,42);6-7H,4-5H2,1-3H3;4*1-2H3. The highest BCUT2D eigenvalue weighted by Crippen LogP contribution is 2.40. The van der Waals surface area contributed by atoms with Gasteiger partial charge in [0.15, 0.2) is 0 Å². The van der Waals surface area contributed by atoms with Crippen LogP contribution in [-0.4, -0.2) is 138 Å². The van der Waals surface area contributed by atoms with Crippen LogP contribution in [0.15, 0.2) is 18.6 Å². The number of ketones is 1. The van der Waals surface area contributed by atoms with E-state index in [4.69, 9.17) is 47.6 Å². The van der Waals surface area contributed by atoms with Gasteiger partial charge in [-0.25, -0.2) is 4.98 Å². The van der Waals surface area contributed by atoms with Crippen LogP contribution in [0.2, 0.25) is 10.0 Å². The average Bonchev–Trinajstić information content (AvgIpc) is 3.69. The third-order valence-electron chi connectivity index (χ3n) is 11.8. The summed E-state index contributed by atoms with van der Waals surface area (Å²) in [6.45, 7) is 25.5. The number of nitrogens with zero attached hydrogens (tertiary/aromatic N) is 3. The number of aliphatic hydroxyl groups excluding tert-OH is 1. The summed E-state index contributed by atoms with van der Waals surface area (Å²) < 4.78 is 22.0. The van der Waals surface area contributed by atoms with Crippen molar-refractivity contribution >= 4 is 88.0 Å². The quantitative estimate of drug-likeness (QED) is 0.0576. The van der Waals surface area contributed by atoms with E-state index >= 15 is 0 Å². The number of cyclic esters (lactones) is 2. The Labute approximate surface area is 438 Å². The number of nitrogens with one attached hydrogen (secondary N) is 4. The summed E-state index contributed by atoms with van der Waals surface area (Å²) in [7, 11) is 5.55. The molecule has 71 heavy (non-hydrogen) atoms. The molecule has 3 aliphatic rings. The monoisotopic (exact) mass is 1060 g/mol. The first-order valence-electron chi connectivity index (χ1n) is 25.1. The van der Waals surface area contributed by atoms with Crippen molar-refractivity contribution in [3.63, 3.8) is 0 Å². The number of halogens is 2. The van der Waals surface area contributed by atoms with E-state index < -0.39 is 58.7 Å². The van der Waals surface area contributed by atoms with Crippen molar-refractivity contribution in [2.45, 2.75) is 164 Å². The molecule has 3 saturated heterocycles. The minimum Gasteiger partial charge on any atom is -0.463 e. The number of fused-ring (bicyclic) bond motifs is 1. The molecule has 404 valence electrons. The molecule has 3 fully saturated rings. The summed E-state index contributed by atoms with van der Waals surface area (Å²) in [5.41, 5.74) is 0.233. The highest BCUT2D eigenvalue weighted by molar-refractivity contribution is 8.00. The second-order valence-electron chi connectivity index (χ2n) is 16.5. The number of anilines is 3. The molecule has 1 amide bonds. The number of amides is 1. The Morgan fingerprint density at radius 2 is 1.56 bits per heavy atom. The number of carbonyl (C=O) groups is 5. The van der Waals surface area contributed by atoms with Crippen molar-refractivity contribution in [1.29, 1.82) is 5.41 Å². The van der Waals surface area contributed by atoms with Gasteiger partial charge < -0.3 is 50.3 Å². The fourth-order valence-corrected chi connectivity index (χ4v) is 9.41. The van der Waals surface area contributed by atoms with E-state index in [0.29, 0.717) is 54.7 Å². The fraction of sp³-hybridized carbons (Fsp3) is 0.686. The fourth-order valence-electron chi connectivity index (χ4n) is 7.65. The van der Waals surface area contributed by atoms with Gasteiger partial charge in [-0.1, -0.05) is 85.5 Å². The molecule has 0 saturated carbocycles. The molecule has 9 atom stereocenters. The number of rotatable bonds is 12. The molecule has 5 heterocycles. The van der Waals surface area contributed by atoms with Crippen LogP contribution in [-0.2, 0) is 38.1 Å². The molecule has 5 N–H and O–H groups in total. The van der Waals surface area contributed by atoms with Gasteiger partial charge in [-0.2, -0.15) is 0 Å². The Bertz CT molecular complexity index is 1950. The molecule has 9 unspecified atom stereocenters. The summed E-state index contributed by atoms with van der Waals surface area (Å²) >= 11 is 13.7. The molecular formula is C51H85Cl2N7O10S. The zero-order valence-electron chi connectivity index (χ0n) is 45.1. The Balaban J connectivity index is 0.00000220. The summed E-state index contributed by atoms with van der Waals surface area (Å²) in [6, 6.07) is 0.367. The minimum absolute atomic E-state index is 0.0672. The van der Waals surface area contributed by atoms with Gasteiger partial charge in [-0.15, -0.1) is 11.8 Å². The smallest absolute Gasteiger partial charge is 0.319 e. The van der Waals surface area contributed by atoms with Gasteiger partial charge in [-0.05, 0) is 61.1 Å². The zero-order chi connectivity index (χ0) is 54.6. The van der Waals surface area contributed by atoms with Gasteiger partial charge in [0, 0.05) is 81.5 Å². The molecule has 0 aromatic carbocycles. The van der Waals surface area contributed by atoms with Crippen LogP contribution in [0, 0.1) is 23.2 Å². The van der Waals surface area contributed by atoms with E-state index in [0.717, 1.165) is 12.6 Å². The third-order valence-corrected chi connectivity index (χ3v) is 13.7. The first-order chi connectivity index (χ1) is 33.8. The molecule has 0 spiro atoms. The molecule has 20 heteroatoms. The lowest BCUT2D eigenvalue weighted by atomic mass is 9.81. The van der Waals surface area contributed by atoms with Gasteiger partial charge in [0.25, 0.3) is 5.91 Å². The second kappa shape index (κ2) is 35.1. The Hall–Kier alpha value is -4.07. The van der Waals surface area contributed by atoms with E-state index in [-0.39, 0.29) is 65.1 Å². The number of aliphatic hydroxyl groups is 1. The van der Waals surface area contributed by atoms with Crippen molar-refractivity contribution in [1.82, 2.24) is 14.9 Å². The van der Waals surface area contributed by atoms with Crippen LogP contribution < -0.4 is 16.0 Å². The van der Waals surface area contributed by atoms with E-state index in [9.17, 15) is 29.1 Å². The molecule has 0 aliphatic carbocycles. The number of aromatic nitrogens is 2. The largest absolute Gasteiger partial charge is 0.463 e. The molecule has 17 nitrogen and oxygen atoms in total. The van der Waals surface area contributed by atoms with Gasteiger partial charge in [0.1, 0.15) is 35.7 Å². The zero-order valence-corrected chi connectivity index (χ0v) is 47.5. The maximum atomic E-state index is 13.6. The van der Waals surface area contributed by atoms with E-state index in [1.54, 1.807) is 21.0 Å². The lowest BCUT2D eigenvalue weighted by Crippen LogP contribution is -2.39.